The van der Waals surface area contributed by atoms with Gasteiger partial charge < -0.3 is 5.73 Å². The average Bonchev–Trinajstić information content (AvgIpc) is 2.68. The highest BCUT2D eigenvalue weighted by Gasteiger charge is 2.39. The summed E-state index contributed by atoms with van der Waals surface area (Å²) in [5, 5.41) is 0. The lowest BCUT2D eigenvalue weighted by Crippen LogP contribution is -2.43. The van der Waals surface area contributed by atoms with E-state index >= 15 is 0 Å². The number of hydrogen-bond acceptors (Lipinski definition) is 6. The predicted molar refractivity (Wildman–Crippen MR) is 101 cm³/mol. The second kappa shape index (κ2) is 7.95. The molecule has 158 valence electrons. The third-order valence-electron chi connectivity index (χ3n) is 4.10. The molecule has 30 heavy (non-hydrogen) atoms. The maximum absolute atomic E-state index is 14.7. The summed E-state index contributed by atoms with van der Waals surface area (Å²) in [6, 6.07) is 4.01. The van der Waals surface area contributed by atoms with Crippen LogP contribution < -0.4 is 10.5 Å². The lowest BCUT2D eigenvalue weighted by molar-refractivity contribution is -0.147. The lowest BCUT2D eigenvalue weighted by Gasteiger charge is -2.18. The van der Waals surface area contributed by atoms with Crippen molar-refractivity contribution in [2.24, 2.45) is 0 Å². The first-order valence-corrected chi connectivity index (χ1v) is 9.89. The van der Waals surface area contributed by atoms with E-state index in [2.05, 4.69) is 15.0 Å². The number of rotatable bonds is 5. The van der Waals surface area contributed by atoms with Crippen molar-refractivity contribution < 1.29 is 26.0 Å². The van der Waals surface area contributed by atoms with Crippen LogP contribution in [0.5, 0.6) is 0 Å². The number of alkyl halides is 3. The summed E-state index contributed by atoms with van der Waals surface area (Å²) in [6.45, 7) is 0.685. The van der Waals surface area contributed by atoms with Crippen molar-refractivity contribution in [1.29, 1.82) is 0 Å². The number of pyridine rings is 1. The summed E-state index contributed by atoms with van der Waals surface area (Å²) in [7, 11) is -4.56. The Kier molecular flexibility index (Phi) is 5.72. The second-order valence-electron chi connectivity index (χ2n) is 6.27. The zero-order valence-corrected chi connectivity index (χ0v) is 16.2. The fourth-order valence-corrected chi connectivity index (χ4v) is 4.02. The quantitative estimate of drug-likeness (QED) is 0.589. The van der Waals surface area contributed by atoms with Crippen LogP contribution in [0.3, 0.4) is 0 Å². The number of hydrogen-bond donors (Lipinski definition) is 2. The molecule has 7 nitrogen and oxygen atoms in total. The Labute approximate surface area is 169 Å². The summed E-state index contributed by atoms with van der Waals surface area (Å²) in [5.74, 6) is -0.805. The number of sulfonamides is 1. The van der Waals surface area contributed by atoms with Crippen molar-refractivity contribution in [2.75, 3.05) is 5.73 Å². The van der Waals surface area contributed by atoms with Gasteiger partial charge in [-0.3, -0.25) is 4.98 Å². The zero-order chi connectivity index (χ0) is 22.1. The molecule has 0 spiro atoms. The number of nitrogens with one attached hydrogen (secondary N) is 1. The van der Waals surface area contributed by atoms with Crippen molar-refractivity contribution in [1.82, 2.24) is 19.7 Å². The average molecular weight is 441 g/mol. The maximum Gasteiger partial charge on any atom is 0.404 e. The molecule has 0 aliphatic carbocycles. The number of benzene rings is 1. The van der Waals surface area contributed by atoms with Crippen molar-refractivity contribution in [3.63, 3.8) is 0 Å². The number of anilines is 1. The van der Waals surface area contributed by atoms with Crippen LogP contribution in [-0.4, -0.2) is 35.6 Å². The summed E-state index contributed by atoms with van der Waals surface area (Å²) in [4.78, 5) is 11.1. The third-order valence-corrected chi connectivity index (χ3v) is 5.70. The van der Waals surface area contributed by atoms with Crippen LogP contribution >= 0.6 is 0 Å². The smallest absolute Gasteiger partial charge is 0.368 e. The van der Waals surface area contributed by atoms with E-state index in [0.29, 0.717) is 6.92 Å². The molecule has 1 atom stereocenters. The molecule has 2 aromatic heterocycles. The minimum Gasteiger partial charge on any atom is -0.368 e. The molecule has 3 aromatic rings. The molecule has 0 bridgehead atoms. The van der Waals surface area contributed by atoms with Gasteiger partial charge in [-0.1, -0.05) is 18.2 Å². The predicted octanol–water partition coefficient (Wildman–Crippen LogP) is 3.16. The van der Waals surface area contributed by atoms with Gasteiger partial charge in [0, 0.05) is 35.3 Å². The van der Waals surface area contributed by atoms with Crippen molar-refractivity contribution in [3.8, 4) is 22.4 Å². The molecule has 0 aliphatic rings. The molecule has 0 fully saturated rings. The van der Waals surface area contributed by atoms with Crippen LogP contribution in [0.2, 0.25) is 0 Å². The molecular weight excluding hydrogens is 426 g/mol. The molecular formula is C18H15F4N5O2S. The topological polar surface area (TPSA) is 111 Å². The van der Waals surface area contributed by atoms with Crippen molar-refractivity contribution in [2.45, 2.75) is 24.0 Å². The highest BCUT2D eigenvalue weighted by atomic mass is 32.2. The molecule has 0 saturated heterocycles. The van der Waals surface area contributed by atoms with E-state index in [4.69, 9.17) is 5.73 Å². The van der Waals surface area contributed by atoms with Crippen molar-refractivity contribution >= 4 is 16.0 Å². The molecule has 12 heteroatoms. The van der Waals surface area contributed by atoms with Crippen molar-refractivity contribution in [3.05, 3.63) is 54.7 Å². The van der Waals surface area contributed by atoms with Gasteiger partial charge in [0.15, 0.2) is 0 Å². The maximum atomic E-state index is 14.7. The SMILES string of the molecule is C[C@@H](NS(=O)(=O)c1ccccc1-c1cnc(-c2cnc(N)nc2)c(F)c1)C(F)(F)F. The standard InChI is InChI=1S/C18H15F4N5O2S/c1-10(18(20,21)22)27-30(28,29)15-5-3-2-4-13(15)11-6-14(19)16(24-7-11)12-8-25-17(23)26-9-12/h2-10,27H,1H3,(H2,23,25,26)/t10-/m1/s1. The summed E-state index contributed by atoms with van der Waals surface area (Å²) in [5.41, 5.74) is 5.60. The highest BCUT2D eigenvalue weighted by Crippen LogP contribution is 2.31. The summed E-state index contributed by atoms with van der Waals surface area (Å²) < 4.78 is 79.7. The third kappa shape index (κ3) is 4.54. The van der Waals surface area contributed by atoms with E-state index < -0.39 is 33.0 Å². The monoisotopic (exact) mass is 441 g/mol. The van der Waals surface area contributed by atoms with Crippen LogP contribution in [0, 0.1) is 5.82 Å². The molecule has 0 unspecified atom stereocenters. The molecule has 0 aliphatic heterocycles. The first-order chi connectivity index (χ1) is 14.0. The Hall–Kier alpha value is -3.12. The van der Waals surface area contributed by atoms with Crippen LogP contribution in [0.1, 0.15) is 6.92 Å². The van der Waals surface area contributed by atoms with Gasteiger partial charge in [-0.15, -0.1) is 0 Å². The van der Waals surface area contributed by atoms with E-state index in [1.54, 1.807) is 4.72 Å². The molecule has 2 heterocycles. The lowest BCUT2D eigenvalue weighted by atomic mass is 10.1. The number of nitrogens with two attached hydrogens (primary N) is 1. The van der Waals surface area contributed by atoms with Gasteiger partial charge in [0.2, 0.25) is 16.0 Å². The molecule has 0 saturated carbocycles. The van der Waals surface area contributed by atoms with Crippen LogP contribution in [0.4, 0.5) is 23.5 Å². The summed E-state index contributed by atoms with van der Waals surface area (Å²) >= 11 is 0. The van der Waals surface area contributed by atoms with E-state index in [1.165, 1.54) is 36.8 Å². The van der Waals surface area contributed by atoms with E-state index in [-0.39, 0.29) is 28.3 Å². The van der Waals surface area contributed by atoms with Crippen LogP contribution in [0.15, 0.2) is 53.8 Å². The summed E-state index contributed by atoms with van der Waals surface area (Å²) in [6.07, 6.45) is -1.02. The highest BCUT2D eigenvalue weighted by molar-refractivity contribution is 7.89. The first-order valence-electron chi connectivity index (χ1n) is 8.41. The van der Waals surface area contributed by atoms with Gasteiger partial charge in [0.05, 0.1) is 4.90 Å². The largest absolute Gasteiger partial charge is 0.404 e. The van der Waals surface area contributed by atoms with Gasteiger partial charge >= 0.3 is 6.18 Å². The van der Waals surface area contributed by atoms with E-state index in [9.17, 15) is 26.0 Å². The molecule has 3 rings (SSSR count). The minimum absolute atomic E-state index is 0.00417. The molecule has 1 aromatic carbocycles. The van der Waals surface area contributed by atoms with Gasteiger partial charge in [-0.05, 0) is 19.1 Å². The van der Waals surface area contributed by atoms with Gasteiger partial charge in [-0.25, -0.2) is 22.8 Å². The van der Waals surface area contributed by atoms with Crippen LogP contribution in [0.25, 0.3) is 22.4 Å². The minimum atomic E-state index is -4.77. The number of halogens is 4. The Morgan fingerprint density at radius 3 is 2.23 bits per heavy atom. The molecule has 3 N–H and O–H groups in total. The second-order valence-corrected chi connectivity index (χ2v) is 7.95. The van der Waals surface area contributed by atoms with Gasteiger partial charge in [0.25, 0.3) is 0 Å². The Morgan fingerprint density at radius 2 is 1.63 bits per heavy atom. The normalized spacial score (nSPS) is 13.2. The van der Waals surface area contributed by atoms with E-state index in [0.717, 1.165) is 12.1 Å². The van der Waals surface area contributed by atoms with Crippen LogP contribution in [-0.2, 0) is 10.0 Å². The Balaban J connectivity index is 2.02. The van der Waals surface area contributed by atoms with Gasteiger partial charge in [0.1, 0.15) is 17.6 Å². The Bertz CT molecular complexity index is 1170. The fraction of sp³-hybridized carbons (Fsp3) is 0.167. The Morgan fingerprint density at radius 1 is 1.03 bits per heavy atom. The number of nitrogens with zero attached hydrogens (tertiary/aromatic N) is 3. The molecule has 0 radical (unpaired) electrons. The van der Waals surface area contributed by atoms with Gasteiger partial charge in [-0.2, -0.15) is 17.9 Å². The molecule has 0 amide bonds. The number of aromatic nitrogens is 3. The first kappa shape index (κ1) is 21.6. The zero-order valence-electron chi connectivity index (χ0n) is 15.4. The fourth-order valence-electron chi connectivity index (χ4n) is 2.56. The van der Waals surface area contributed by atoms with E-state index in [1.807, 2.05) is 0 Å². The number of nitrogen functional groups attached to an aromatic ring is 1.